The molecule has 5 heteroatoms. The Hall–Kier alpha value is -1.91. The molecule has 0 radical (unpaired) electrons. The molecule has 5 nitrogen and oxygen atoms in total. The van der Waals surface area contributed by atoms with Crippen molar-refractivity contribution in [2.24, 2.45) is 5.92 Å². The molecule has 0 saturated heterocycles. The van der Waals surface area contributed by atoms with Crippen molar-refractivity contribution in [2.45, 2.75) is 25.8 Å². The zero-order valence-electron chi connectivity index (χ0n) is 11.6. The van der Waals surface area contributed by atoms with Gasteiger partial charge in [0.2, 0.25) is 5.91 Å². The molecular weight excluding hydrogens is 258 g/mol. The molecule has 1 aliphatic carbocycles. The summed E-state index contributed by atoms with van der Waals surface area (Å²) in [4.78, 5) is 11.7. The van der Waals surface area contributed by atoms with Crippen LogP contribution in [0.15, 0.2) is 12.1 Å². The zero-order chi connectivity index (χ0) is 13.9. The lowest BCUT2D eigenvalue weighted by molar-refractivity contribution is -0.122. The predicted octanol–water partition coefficient (Wildman–Crippen LogP) is 1.88. The molecule has 0 spiro atoms. The van der Waals surface area contributed by atoms with E-state index in [9.17, 15) is 4.79 Å². The van der Waals surface area contributed by atoms with Gasteiger partial charge in [-0.15, -0.1) is 0 Å². The van der Waals surface area contributed by atoms with Gasteiger partial charge in [0.1, 0.15) is 5.75 Å². The van der Waals surface area contributed by atoms with Gasteiger partial charge in [-0.2, -0.15) is 0 Å². The number of carbonyl (C=O) groups excluding carboxylic acids is 1. The normalized spacial score (nSPS) is 17.2. The summed E-state index contributed by atoms with van der Waals surface area (Å²) < 4.78 is 16.7. The van der Waals surface area contributed by atoms with E-state index < -0.39 is 0 Å². The summed E-state index contributed by atoms with van der Waals surface area (Å²) >= 11 is 0. The van der Waals surface area contributed by atoms with E-state index in [2.05, 4.69) is 5.32 Å². The van der Waals surface area contributed by atoms with Gasteiger partial charge in [0.05, 0.1) is 20.3 Å². The Bertz CT molecular complexity index is 511. The monoisotopic (exact) mass is 277 g/mol. The highest BCUT2D eigenvalue weighted by atomic mass is 16.5. The predicted molar refractivity (Wildman–Crippen MR) is 73.2 cm³/mol. The van der Waals surface area contributed by atoms with Gasteiger partial charge in [-0.1, -0.05) is 0 Å². The molecule has 1 N–H and O–H groups in total. The quantitative estimate of drug-likeness (QED) is 0.913. The summed E-state index contributed by atoms with van der Waals surface area (Å²) in [6.45, 7) is 1.75. The zero-order valence-corrected chi connectivity index (χ0v) is 11.6. The molecule has 1 amide bonds. The number of hydrogen-bond acceptors (Lipinski definition) is 4. The van der Waals surface area contributed by atoms with Crippen LogP contribution in [0.2, 0.25) is 0 Å². The summed E-state index contributed by atoms with van der Waals surface area (Å²) in [5.41, 5.74) is 0.908. The summed E-state index contributed by atoms with van der Waals surface area (Å²) in [5, 5.41) is 2.94. The average Bonchev–Trinajstić information content (AvgIpc) is 3.29. The van der Waals surface area contributed by atoms with Gasteiger partial charge < -0.3 is 19.5 Å². The molecule has 3 rings (SSSR count). The summed E-state index contributed by atoms with van der Waals surface area (Å²) in [6, 6.07) is 3.73. The molecule has 1 aliphatic heterocycles. The smallest absolute Gasteiger partial charge is 0.223 e. The summed E-state index contributed by atoms with van der Waals surface area (Å²) in [6.07, 6.45) is 2.87. The first-order chi connectivity index (χ1) is 9.78. The Kier molecular flexibility index (Phi) is 3.67. The van der Waals surface area contributed by atoms with E-state index >= 15 is 0 Å². The van der Waals surface area contributed by atoms with Crippen LogP contribution < -0.4 is 19.5 Å². The fourth-order valence-corrected chi connectivity index (χ4v) is 2.23. The highest BCUT2D eigenvalue weighted by Gasteiger charge is 2.29. The first kappa shape index (κ1) is 13.1. The minimum absolute atomic E-state index is 0.124. The molecule has 20 heavy (non-hydrogen) atoms. The molecule has 0 atom stereocenters. The number of amides is 1. The van der Waals surface area contributed by atoms with Crippen molar-refractivity contribution in [3.63, 3.8) is 0 Å². The second kappa shape index (κ2) is 5.61. The number of benzene rings is 1. The van der Waals surface area contributed by atoms with Crippen LogP contribution in [0.3, 0.4) is 0 Å². The molecular formula is C15H19NO4. The van der Waals surface area contributed by atoms with Gasteiger partial charge in [0, 0.05) is 30.5 Å². The van der Waals surface area contributed by atoms with Crippen LogP contribution in [0.25, 0.3) is 0 Å². The summed E-state index contributed by atoms with van der Waals surface area (Å²) in [5.74, 6) is 2.47. The second-order valence-electron chi connectivity index (χ2n) is 5.15. The number of fused-ring (bicyclic) bond motifs is 1. The van der Waals surface area contributed by atoms with Crippen molar-refractivity contribution in [1.29, 1.82) is 0 Å². The number of hydrogen-bond donors (Lipinski definition) is 1. The Morgan fingerprint density at radius 3 is 2.65 bits per heavy atom. The Labute approximate surface area is 118 Å². The number of rotatable bonds is 4. The van der Waals surface area contributed by atoms with E-state index in [0.717, 1.165) is 30.6 Å². The first-order valence-corrected chi connectivity index (χ1v) is 7.02. The lowest BCUT2D eigenvalue weighted by Crippen LogP contribution is -2.24. The van der Waals surface area contributed by atoms with Crippen LogP contribution in [0, 0.1) is 5.92 Å². The van der Waals surface area contributed by atoms with Crippen molar-refractivity contribution in [1.82, 2.24) is 5.32 Å². The number of nitrogens with one attached hydrogen (secondary N) is 1. The minimum Gasteiger partial charge on any atom is -0.496 e. The van der Waals surface area contributed by atoms with Gasteiger partial charge in [0.25, 0.3) is 0 Å². The van der Waals surface area contributed by atoms with E-state index in [-0.39, 0.29) is 11.8 Å². The van der Waals surface area contributed by atoms with E-state index in [0.29, 0.717) is 31.3 Å². The van der Waals surface area contributed by atoms with Crippen molar-refractivity contribution in [3.05, 3.63) is 17.7 Å². The van der Waals surface area contributed by atoms with Gasteiger partial charge in [-0.3, -0.25) is 4.79 Å². The van der Waals surface area contributed by atoms with Gasteiger partial charge in [-0.05, 0) is 18.9 Å². The molecule has 0 bridgehead atoms. The number of ether oxygens (including phenoxy) is 3. The topological polar surface area (TPSA) is 56.8 Å². The number of carbonyl (C=O) groups is 1. The molecule has 0 unspecified atom stereocenters. The Balaban J connectivity index is 1.77. The van der Waals surface area contributed by atoms with E-state index in [1.807, 2.05) is 12.1 Å². The van der Waals surface area contributed by atoms with Crippen molar-refractivity contribution < 1.29 is 19.0 Å². The van der Waals surface area contributed by atoms with E-state index in [1.165, 1.54) is 0 Å². The Morgan fingerprint density at radius 1 is 1.30 bits per heavy atom. The van der Waals surface area contributed by atoms with Gasteiger partial charge >= 0.3 is 0 Å². The highest BCUT2D eigenvalue weighted by molar-refractivity contribution is 5.80. The first-order valence-electron chi connectivity index (χ1n) is 7.02. The lowest BCUT2D eigenvalue weighted by Gasteiger charge is -2.14. The average molecular weight is 277 g/mol. The highest BCUT2D eigenvalue weighted by Crippen LogP contribution is 2.36. The maximum absolute atomic E-state index is 11.7. The van der Waals surface area contributed by atoms with Crippen LogP contribution >= 0.6 is 0 Å². The number of methoxy groups -OCH3 is 1. The molecule has 1 heterocycles. The third-order valence-corrected chi connectivity index (χ3v) is 3.55. The second-order valence-corrected chi connectivity index (χ2v) is 5.15. The van der Waals surface area contributed by atoms with Crippen LogP contribution in [0.1, 0.15) is 24.8 Å². The van der Waals surface area contributed by atoms with E-state index in [1.54, 1.807) is 7.11 Å². The van der Waals surface area contributed by atoms with Gasteiger partial charge in [-0.25, -0.2) is 0 Å². The molecule has 1 aromatic carbocycles. The van der Waals surface area contributed by atoms with Crippen molar-refractivity contribution in [2.75, 3.05) is 20.3 Å². The maximum atomic E-state index is 11.7. The van der Waals surface area contributed by atoms with Crippen molar-refractivity contribution >= 4 is 5.91 Å². The van der Waals surface area contributed by atoms with Crippen LogP contribution in [0.5, 0.6) is 17.2 Å². The molecule has 0 aromatic heterocycles. The fourth-order valence-electron chi connectivity index (χ4n) is 2.23. The van der Waals surface area contributed by atoms with Gasteiger partial charge in [0.15, 0.2) is 11.5 Å². The third-order valence-electron chi connectivity index (χ3n) is 3.55. The standard InChI is InChI=1S/C15H19NO4/c1-18-12-8-14-13(19-5-2-6-20-14)7-11(12)9-16-15(17)10-3-4-10/h7-8,10H,2-6,9H2,1H3,(H,16,17). The lowest BCUT2D eigenvalue weighted by atomic mass is 10.1. The Morgan fingerprint density at radius 2 is 2.00 bits per heavy atom. The van der Waals surface area contributed by atoms with Crippen LogP contribution in [-0.4, -0.2) is 26.2 Å². The third kappa shape index (κ3) is 2.81. The van der Waals surface area contributed by atoms with Crippen LogP contribution in [0.4, 0.5) is 0 Å². The SMILES string of the molecule is COc1cc2c(cc1CNC(=O)C1CC1)OCCCO2. The molecule has 1 aromatic rings. The molecule has 2 aliphatic rings. The van der Waals surface area contributed by atoms with Crippen molar-refractivity contribution in [3.8, 4) is 17.2 Å². The molecule has 1 fully saturated rings. The molecule has 1 saturated carbocycles. The minimum atomic E-state index is 0.124. The van der Waals surface area contributed by atoms with Crippen LogP contribution in [-0.2, 0) is 11.3 Å². The summed E-state index contributed by atoms with van der Waals surface area (Å²) in [7, 11) is 1.62. The largest absolute Gasteiger partial charge is 0.496 e. The molecule has 108 valence electrons. The fraction of sp³-hybridized carbons (Fsp3) is 0.533. The van der Waals surface area contributed by atoms with E-state index in [4.69, 9.17) is 14.2 Å². The maximum Gasteiger partial charge on any atom is 0.223 e.